The van der Waals surface area contributed by atoms with E-state index < -0.39 is 5.97 Å². The van der Waals surface area contributed by atoms with Crippen LogP contribution in [0.2, 0.25) is 0 Å². The summed E-state index contributed by atoms with van der Waals surface area (Å²) in [5.74, 6) is -0.392. The van der Waals surface area contributed by atoms with Crippen molar-refractivity contribution in [2.24, 2.45) is 0 Å². The zero-order valence-electron chi connectivity index (χ0n) is 8.79. The Bertz CT molecular complexity index is 505. The van der Waals surface area contributed by atoms with Gasteiger partial charge in [0.2, 0.25) is 0 Å². The highest BCUT2D eigenvalue weighted by Gasteiger charge is 2.13. The van der Waals surface area contributed by atoms with E-state index in [1.54, 1.807) is 29.1 Å². The summed E-state index contributed by atoms with van der Waals surface area (Å²) in [6, 6.07) is 7.00. The Morgan fingerprint density at radius 1 is 1.50 bits per heavy atom. The van der Waals surface area contributed by atoms with E-state index in [9.17, 15) is 4.79 Å². The number of hydrogen-bond acceptors (Lipinski definition) is 3. The summed E-state index contributed by atoms with van der Waals surface area (Å²) >= 11 is 0. The summed E-state index contributed by atoms with van der Waals surface area (Å²) in [5.41, 5.74) is 0.874. The van der Waals surface area contributed by atoms with E-state index in [4.69, 9.17) is 5.11 Å². The predicted molar refractivity (Wildman–Crippen MR) is 57.7 cm³/mol. The van der Waals surface area contributed by atoms with Gasteiger partial charge in [0, 0.05) is 11.9 Å². The lowest BCUT2D eigenvalue weighted by Crippen LogP contribution is -2.04. The summed E-state index contributed by atoms with van der Waals surface area (Å²) in [5, 5.41) is 12.9. The molecule has 0 aromatic carbocycles. The first-order valence-corrected chi connectivity index (χ1v) is 4.96. The minimum Gasteiger partial charge on any atom is -0.476 e. The third-order valence-electron chi connectivity index (χ3n) is 2.23. The SMILES string of the molecule is CCc1cc(C(=O)O)nn1-c1ccccn1. The second-order valence-electron chi connectivity index (χ2n) is 3.28. The van der Waals surface area contributed by atoms with E-state index in [1.807, 2.05) is 13.0 Å². The molecule has 0 spiro atoms. The molecule has 0 fully saturated rings. The van der Waals surface area contributed by atoms with Crippen molar-refractivity contribution < 1.29 is 9.90 Å². The standard InChI is InChI=1S/C11H11N3O2/c1-2-8-7-9(11(15)16)13-14(8)10-5-3-4-6-12-10/h3-7H,2H2,1H3,(H,15,16). The van der Waals surface area contributed by atoms with Gasteiger partial charge >= 0.3 is 5.97 Å². The summed E-state index contributed by atoms with van der Waals surface area (Å²) in [4.78, 5) is 15.0. The number of carboxylic acids is 1. The van der Waals surface area contributed by atoms with Crippen molar-refractivity contribution in [1.82, 2.24) is 14.8 Å². The van der Waals surface area contributed by atoms with Crippen molar-refractivity contribution in [3.05, 3.63) is 41.9 Å². The minimum atomic E-state index is -1.02. The fraction of sp³-hybridized carbons (Fsp3) is 0.182. The molecule has 0 atom stereocenters. The second kappa shape index (κ2) is 4.14. The fourth-order valence-electron chi connectivity index (χ4n) is 1.45. The summed E-state index contributed by atoms with van der Waals surface area (Å²) in [6.07, 6.45) is 2.35. The molecule has 2 aromatic heterocycles. The van der Waals surface area contributed by atoms with Gasteiger partial charge in [-0.2, -0.15) is 5.10 Å². The number of aromatic carboxylic acids is 1. The zero-order chi connectivity index (χ0) is 11.5. The molecule has 1 N–H and O–H groups in total. The van der Waals surface area contributed by atoms with Gasteiger partial charge in [0.05, 0.1) is 0 Å². The van der Waals surface area contributed by atoms with E-state index in [0.717, 1.165) is 5.69 Å². The maximum absolute atomic E-state index is 10.8. The van der Waals surface area contributed by atoms with Gasteiger partial charge < -0.3 is 5.11 Å². The molecule has 0 amide bonds. The van der Waals surface area contributed by atoms with Crippen LogP contribution in [0, 0.1) is 0 Å². The van der Waals surface area contributed by atoms with Crippen LogP contribution in [0.5, 0.6) is 0 Å². The number of rotatable bonds is 3. The van der Waals surface area contributed by atoms with Gasteiger partial charge in [0.25, 0.3) is 0 Å². The number of carboxylic acid groups (broad SMARTS) is 1. The van der Waals surface area contributed by atoms with Crippen molar-refractivity contribution in [2.75, 3.05) is 0 Å². The van der Waals surface area contributed by atoms with E-state index in [2.05, 4.69) is 10.1 Å². The Morgan fingerprint density at radius 2 is 2.31 bits per heavy atom. The first kappa shape index (κ1) is 10.4. The average Bonchev–Trinajstić information content (AvgIpc) is 2.74. The Morgan fingerprint density at radius 3 is 2.88 bits per heavy atom. The van der Waals surface area contributed by atoms with Crippen LogP contribution in [0.15, 0.2) is 30.5 Å². The quantitative estimate of drug-likeness (QED) is 0.846. The topological polar surface area (TPSA) is 68.0 Å². The number of hydrogen-bond donors (Lipinski definition) is 1. The maximum Gasteiger partial charge on any atom is 0.356 e. The summed E-state index contributed by atoms with van der Waals surface area (Å²) in [6.45, 7) is 1.95. The highest BCUT2D eigenvalue weighted by atomic mass is 16.4. The van der Waals surface area contributed by atoms with Crippen LogP contribution in [-0.4, -0.2) is 25.8 Å². The molecular formula is C11H11N3O2. The van der Waals surface area contributed by atoms with Crippen LogP contribution < -0.4 is 0 Å². The number of carbonyl (C=O) groups is 1. The second-order valence-corrected chi connectivity index (χ2v) is 3.28. The molecule has 16 heavy (non-hydrogen) atoms. The predicted octanol–water partition coefficient (Wildman–Crippen LogP) is 1.53. The molecule has 2 aromatic rings. The van der Waals surface area contributed by atoms with Crippen molar-refractivity contribution in [1.29, 1.82) is 0 Å². The van der Waals surface area contributed by atoms with Gasteiger partial charge in [-0.25, -0.2) is 14.5 Å². The minimum absolute atomic E-state index is 0.0440. The number of aromatic nitrogens is 3. The lowest BCUT2D eigenvalue weighted by atomic mass is 10.3. The number of aryl methyl sites for hydroxylation is 1. The Labute approximate surface area is 92.4 Å². The van der Waals surface area contributed by atoms with Gasteiger partial charge in [-0.1, -0.05) is 13.0 Å². The first-order chi connectivity index (χ1) is 7.72. The van der Waals surface area contributed by atoms with Gasteiger partial charge in [-0.15, -0.1) is 0 Å². The van der Waals surface area contributed by atoms with Crippen molar-refractivity contribution in [2.45, 2.75) is 13.3 Å². The summed E-state index contributed by atoms with van der Waals surface area (Å²) in [7, 11) is 0. The largest absolute Gasteiger partial charge is 0.476 e. The molecule has 82 valence electrons. The zero-order valence-corrected chi connectivity index (χ0v) is 8.79. The molecule has 5 heteroatoms. The molecule has 2 rings (SSSR count). The number of nitrogens with zero attached hydrogens (tertiary/aromatic N) is 3. The van der Waals surface area contributed by atoms with Crippen molar-refractivity contribution >= 4 is 5.97 Å². The fourth-order valence-corrected chi connectivity index (χ4v) is 1.45. The van der Waals surface area contributed by atoms with Gasteiger partial charge in [0.1, 0.15) is 0 Å². The van der Waals surface area contributed by atoms with E-state index >= 15 is 0 Å². The van der Waals surface area contributed by atoms with Crippen LogP contribution in [0.25, 0.3) is 5.82 Å². The normalized spacial score (nSPS) is 10.3. The molecule has 0 aliphatic heterocycles. The van der Waals surface area contributed by atoms with Crippen LogP contribution in [0.4, 0.5) is 0 Å². The van der Waals surface area contributed by atoms with Gasteiger partial charge in [-0.3, -0.25) is 0 Å². The van der Waals surface area contributed by atoms with E-state index in [0.29, 0.717) is 12.2 Å². The molecule has 0 unspecified atom stereocenters. The maximum atomic E-state index is 10.8. The third kappa shape index (κ3) is 1.79. The third-order valence-corrected chi connectivity index (χ3v) is 2.23. The lowest BCUT2D eigenvalue weighted by molar-refractivity contribution is 0.0690. The van der Waals surface area contributed by atoms with Crippen LogP contribution in [0.1, 0.15) is 23.1 Å². The Kier molecular flexibility index (Phi) is 2.68. The van der Waals surface area contributed by atoms with Crippen molar-refractivity contribution in [3.63, 3.8) is 0 Å². The van der Waals surface area contributed by atoms with E-state index in [-0.39, 0.29) is 5.69 Å². The smallest absolute Gasteiger partial charge is 0.356 e. The molecular weight excluding hydrogens is 206 g/mol. The Hall–Kier alpha value is -2.17. The Balaban J connectivity index is 2.52. The highest BCUT2D eigenvalue weighted by molar-refractivity contribution is 5.85. The molecule has 2 heterocycles. The van der Waals surface area contributed by atoms with Gasteiger partial charge in [-0.05, 0) is 24.6 Å². The van der Waals surface area contributed by atoms with Crippen LogP contribution in [0.3, 0.4) is 0 Å². The lowest BCUT2D eigenvalue weighted by Gasteiger charge is -2.03. The monoisotopic (exact) mass is 217 g/mol. The van der Waals surface area contributed by atoms with Crippen LogP contribution >= 0.6 is 0 Å². The average molecular weight is 217 g/mol. The molecule has 0 radical (unpaired) electrons. The molecule has 0 saturated carbocycles. The number of pyridine rings is 1. The first-order valence-electron chi connectivity index (χ1n) is 4.96. The van der Waals surface area contributed by atoms with Crippen LogP contribution in [-0.2, 0) is 6.42 Å². The summed E-state index contributed by atoms with van der Waals surface area (Å²) < 4.78 is 1.56. The molecule has 5 nitrogen and oxygen atoms in total. The van der Waals surface area contributed by atoms with Gasteiger partial charge in [0.15, 0.2) is 11.5 Å². The molecule has 0 aliphatic carbocycles. The van der Waals surface area contributed by atoms with E-state index in [1.165, 1.54) is 0 Å². The highest BCUT2D eigenvalue weighted by Crippen LogP contribution is 2.11. The molecule has 0 saturated heterocycles. The van der Waals surface area contributed by atoms with Crippen molar-refractivity contribution in [3.8, 4) is 5.82 Å². The molecule has 0 bridgehead atoms. The molecule has 0 aliphatic rings.